The predicted octanol–water partition coefficient (Wildman–Crippen LogP) is 6.58. The quantitative estimate of drug-likeness (QED) is 0.223. The van der Waals surface area contributed by atoms with Crippen LogP contribution < -0.4 is 5.72 Å². The summed E-state index contributed by atoms with van der Waals surface area (Å²) >= 11 is 0. The van der Waals surface area contributed by atoms with Crippen molar-refractivity contribution in [2.75, 3.05) is 0 Å². The van der Waals surface area contributed by atoms with Crippen molar-refractivity contribution < 1.29 is 9.31 Å². The van der Waals surface area contributed by atoms with Gasteiger partial charge in [-0.05, 0) is 74.2 Å². The van der Waals surface area contributed by atoms with E-state index >= 15 is 0 Å². The Bertz CT molecular complexity index is 1740. The van der Waals surface area contributed by atoms with E-state index in [1.165, 1.54) is 0 Å². The Labute approximate surface area is 251 Å². The third-order valence-electron chi connectivity index (χ3n) is 8.10. The van der Waals surface area contributed by atoms with Crippen molar-refractivity contribution in [3.8, 4) is 57.2 Å². The van der Waals surface area contributed by atoms with Crippen LogP contribution in [0.25, 0.3) is 45.0 Å². The molecule has 8 heteroatoms. The third-order valence-corrected chi connectivity index (χ3v) is 8.10. The summed E-state index contributed by atoms with van der Waals surface area (Å²) in [6.07, 6.45) is 0. The van der Waals surface area contributed by atoms with Gasteiger partial charge in [-0.25, -0.2) is 15.0 Å². The van der Waals surface area contributed by atoms with Gasteiger partial charge < -0.3 is 9.31 Å². The van der Waals surface area contributed by atoms with Crippen LogP contribution in [0.1, 0.15) is 38.8 Å². The second-order valence-corrected chi connectivity index (χ2v) is 11.5. The molecule has 0 unspecified atom stereocenters. The smallest absolute Gasteiger partial charge is 0.397 e. The molecule has 0 saturated carbocycles. The highest BCUT2D eigenvalue weighted by atomic mass is 16.7. The van der Waals surface area contributed by atoms with Crippen molar-refractivity contribution in [3.05, 3.63) is 108 Å². The van der Waals surface area contributed by atoms with E-state index in [2.05, 4.69) is 12.1 Å². The van der Waals surface area contributed by atoms with Gasteiger partial charge in [-0.2, -0.15) is 10.5 Å². The molecule has 1 saturated heterocycles. The van der Waals surface area contributed by atoms with Crippen LogP contribution in [0, 0.1) is 22.7 Å². The maximum absolute atomic E-state index is 9.11. The molecule has 43 heavy (non-hydrogen) atoms. The van der Waals surface area contributed by atoms with E-state index in [9.17, 15) is 0 Å². The van der Waals surface area contributed by atoms with Gasteiger partial charge in [0.05, 0.1) is 34.5 Å². The van der Waals surface area contributed by atoms with E-state index in [4.69, 9.17) is 34.8 Å². The van der Waals surface area contributed by atoms with Crippen molar-refractivity contribution in [2.24, 2.45) is 0 Å². The van der Waals surface area contributed by atoms with Crippen LogP contribution in [-0.2, 0) is 9.31 Å². The minimum Gasteiger partial charge on any atom is -0.397 e. The highest BCUT2D eigenvalue weighted by Gasteiger charge is 2.53. The van der Waals surface area contributed by atoms with Gasteiger partial charge in [0.1, 0.15) is 0 Å². The molecular formula is C35H28BN5O2. The Hall–Kier alpha value is -5.15. The normalized spacial score (nSPS) is 15.1. The van der Waals surface area contributed by atoms with Gasteiger partial charge in [-0.3, -0.25) is 0 Å². The predicted molar refractivity (Wildman–Crippen MR) is 167 cm³/mol. The molecule has 0 amide bonds. The molecule has 1 aliphatic rings. The summed E-state index contributed by atoms with van der Waals surface area (Å²) in [6.45, 7) is 8.00. The SMILES string of the molecule is CC1(C)OB(c2nc(-c3ccc(-c4ccc(C#N)cc4)cc3)nc(-c3ccc(-c4ccc(C#N)cc4)cc3)n2)OC1(C)C. The van der Waals surface area contributed by atoms with E-state index < -0.39 is 18.3 Å². The topological polar surface area (TPSA) is 105 Å². The average molecular weight is 561 g/mol. The molecule has 0 N–H and O–H groups in total. The molecule has 5 aromatic rings. The van der Waals surface area contributed by atoms with Gasteiger partial charge in [-0.15, -0.1) is 0 Å². The van der Waals surface area contributed by atoms with Crippen LogP contribution in [0.2, 0.25) is 0 Å². The second-order valence-electron chi connectivity index (χ2n) is 11.5. The zero-order valence-corrected chi connectivity index (χ0v) is 24.4. The van der Waals surface area contributed by atoms with Gasteiger partial charge in [-0.1, -0.05) is 72.8 Å². The highest BCUT2D eigenvalue weighted by Crippen LogP contribution is 2.36. The van der Waals surface area contributed by atoms with Crippen LogP contribution in [0.3, 0.4) is 0 Å². The number of nitriles is 2. The second kappa shape index (κ2) is 10.9. The molecule has 0 radical (unpaired) electrons. The molecule has 208 valence electrons. The van der Waals surface area contributed by atoms with Crippen LogP contribution in [0.15, 0.2) is 97.1 Å². The van der Waals surface area contributed by atoms with Gasteiger partial charge in [0.25, 0.3) is 0 Å². The van der Waals surface area contributed by atoms with Crippen molar-refractivity contribution in [1.82, 2.24) is 15.0 Å². The number of rotatable bonds is 5. The fraction of sp³-hybridized carbons (Fsp3) is 0.171. The largest absolute Gasteiger partial charge is 0.534 e. The number of benzene rings is 4. The molecule has 0 aliphatic carbocycles. The minimum atomic E-state index is -0.749. The minimum absolute atomic E-state index is 0.408. The van der Waals surface area contributed by atoms with Crippen LogP contribution >= 0.6 is 0 Å². The summed E-state index contributed by atoms with van der Waals surface area (Å²) < 4.78 is 12.6. The zero-order chi connectivity index (χ0) is 30.2. The molecule has 0 atom stereocenters. The molecule has 4 aromatic carbocycles. The molecule has 1 aromatic heterocycles. The van der Waals surface area contributed by atoms with Crippen molar-refractivity contribution in [1.29, 1.82) is 10.5 Å². The number of hydrogen-bond acceptors (Lipinski definition) is 7. The third kappa shape index (κ3) is 5.55. The van der Waals surface area contributed by atoms with Crippen LogP contribution in [0.4, 0.5) is 0 Å². The molecule has 2 heterocycles. The first-order valence-corrected chi connectivity index (χ1v) is 14.0. The van der Waals surface area contributed by atoms with Gasteiger partial charge in [0, 0.05) is 11.1 Å². The summed E-state index contributed by atoms with van der Waals surface area (Å²) in [5.41, 5.74) is 6.29. The summed E-state index contributed by atoms with van der Waals surface area (Å²) in [5.74, 6) is 1.02. The number of nitrogens with zero attached hydrogens (tertiary/aromatic N) is 5. The highest BCUT2D eigenvalue weighted by molar-refractivity contribution is 6.60. The molecular weight excluding hydrogens is 533 g/mol. The van der Waals surface area contributed by atoms with Crippen molar-refractivity contribution in [2.45, 2.75) is 38.9 Å². The molecule has 1 aliphatic heterocycles. The molecule has 0 spiro atoms. The van der Waals surface area contributed by atoms with E-state index in [0.717, 1.165) is 33.4 Å². The van der Waals surface area contributed by atoms with Crippen LogP contribution in [-0.4, -0.2) is 33.3 Å². The Balaban J connectivity index is 1.37. The van der Waals surface area contributed by atoms with Crippen molar-refractivity contribution in [3.63, 3.8) is 0 Å². The van der Waals surface area contributed by atoms with E-state index in [1.807, 2.05) is 125 Å². The Morgan fingerprint density at radius 2 is 0.791 bits per heavy atom. The van der Waals surface area contributed by atoms with E-state index in [0.29, 0.717) is 28.5 Å². The fourth-order valence-corrected chi connectivity index (χ4v) is 4.80. The Kier molecular flexibility index (Phi) is 7.11. The maximum Gasteiger partial charge on any atom is 0.534 e. The lowest BCUT2D eigenvalue weighted by Crippen LogP contribution is -2.41. The van der Waals surface area contributed by atoms with Gasteiger partial charge in [0.15, 0.2) is 17.4 Å². The molecule has 1 fully saturated rings. The molecule has 7 nitrogen and oxygen atoms in total. The van der Waals surface area contributed by atoms with E-state index in [1.54, 1.807) is 0 Å². The first-order chi connectivity index (χ1) is 20.7. The standard InChI is InChI=1S/C35H28BN5O2/c1-34(2)35(3,4)43-36(42-34)33-40-31(29-17-13-27(14-18-29)25-9-5-23(21-37)6-10-25)39-32(41-33)30-19-15-28(16-20-30)26-11-7-24(22-38)8-12-26/h5-20H,1-4H3. The van der Waals surface area contributed by atoms with E-state index in [-0.39, 0.29) is 0 Å². The number of aromatic nitrogens is 3. The summed E-state index contributed by atoms with van der Waals surface area (Å²) in [7, 11) is -0.749. The zero-order valence-electron chi connectivity index (χ0n) is 24.4. The average Bonchev–Trinajstić information content (AvgIpc) is 3.27. The lowest BCUT2D eigenvalue weighted by atomic mass is 9.88. The maximum atomic E-state index is 9.11. The summed E-state index contributed by atoms with van der Waals surface area (Å²) in [4.78, 5) is 14.5. The van der Waals surface area contributed by atoms with Crippen molar-refractivity contribution >= 4 is 12.8 Å². The monoisotopic (exact) mass is 561 g/mol. The number of hydrogen-bond donors (Lipinski definition) is 0. The lowest BCUT2D eigenvalue weighted by molar-refractivity contribution is 0.00578. The molecule has 6 rings (SSSR count). The van der Waals surface area contributed by atoms with Gasteiger partial charge in [0.2, 0.25) is 0 Å². The Morgan fingerprint density at radius 3 is 1.12 bits per heavy atom. The van der Waals surface area contributed by atoms with Crippen LogP contribution in [0.5, 0.6) is 0 Å². The lowest BCUT2D eigenvalue weighted by Gasteiger charge is -2.32. The summed E-state index contributed by atoms with van der Waals surface area (Å²) in [6, 6.07) is 35.3. The summed E-state index contributed by atoms with van der Waals surface area (Å²) in [5, 5.41) is 18.2. The first-order valence-electron chi connectivity index (χ1n) is 14.0. The Morgan fingerprint density at radius 1 is 0.488 bits per heavy atom. The van der Waals surface area contributed by atoms with Gasteiger partial charge >= 0.3 is 7.12 Å². The first kappa shape index (κ1) is 28.0. The fourth-order valence-electron chi connectivity index (χ4n) is 4.80. The molecule has 0 bridgehead atoms.